The number of nitrogens with zero attached hydrogens (tertiary/aromatic N) is 1. The zero-order valence-corrected chi connectivity index (χ0v) is 11.6. The van der Waals surface area contributed by atoms with Crippen molar-refractivity contribution in [1.29, 1.82) is 0 Å². The van der Waals surface area contributed by atoms with E-state index in [1.54, 1.807) is 18.2 Å². The minimum absolute atomic E-state index is 0.00847. The van der Waals surface area contributed by atoms with Crippen LogP contribution in [0.4, 0.5) is 11.4 Å². The van der Waals surface area contributed by atoms with Gasteiger partial charge in [-0.25, -0.2) is 0 Å². The smallest absolute Gasteiger partial charge is 0.268 e. The lowest BCUT2D eigenvalue weighted by atomic mass is 10.0. The number of β-amino-alcohol motifs (C(OH)–C–C–N with tert-alkyl or cyclic N) is 1. The van der Waals surface area contributed by atoms with Crippen LogP contribution in [0.15, 0.2) is 18.2 Å². The number of rotatable bonds is 4. The first kappa shape index (κ1) is 14.6. The average molecular weight is 280 g/mol. The summed E-state index contributed by atoms with van der Waals surface area (Å²) in [4.78, 5) is 13.9. The number of anilines is 2. The number of amides is 1. The Balaban J connectivity index is 2.44. The van der Waals surface area contributed by atoms with E-state index in [4.69, 9.17) is 15.6 Å². The van der Waals surface area contributed by atoms with E-state index in [0.717, 1.165) is 0 Å². The van der Waals surface area contributed by atoms with Crippen LogP contribution < -0.4 is 15.4 Å². The second kappa shape index (κ2) is 5.68. The molecule has 4 N–H and O–H groups in total. The second-order valence-electron chi connectivity index (χ2n) is 5.26. The highest BCUT2D eigenvalue weighted by Gasteiger charge is 2.38. The molecule has 0 spiro atoms. The molecule has 6 nitrogen and oxygen atoms in total. The summed E-state index contributed by atoms with van der Waals surface area (Å²) in [6.07, 6.45) is -1.63. The number of nitrogens with two attached hydrogens (primary N) is 1. The standard InChI is InChI=1S/C14H20N2O4/c1-8(2)13-14(19)16(6-9(18)7-17)12-10(15)4-3-5-11(12)20-13/h3-5,8-9,13,17-18H,6-7,15H2,1-2H3. The number of fused-ring (bicyclic) bond motifs is 1. The summed E-state index contributed by atoms with van der Waals surface area (Å²) in [5, 5.41) is 18.6. The summed E-state index contributed by atoms with van der Waals surface area (Å²) in [5.74, 6) is 0.261. The van der Waals surface area contributed by atoms with Crippen molar-refractivity contribution in [2.45, 2.75) is 26.1 Å². The van der Waals surface area contributed by atoms with Crippen LogP contribution in [0.1, 0.15) is 13.8 Å². The maximum atomic E-state index is 12.5. The predicted octanol–water partition coefficient (Wildman–Crippen LogP) is 0.372. The molecule has 20 heavy (non-hydrogen) atoms. The highest BCUT2D eigenvalue weighted by Crippen LogP contribution is 2.39. The molecule has 0 bridgehead atoms. The third-order valence-corrected chi connectivity index (χ3v) is 3.27. The monoisotopic (exact) mass is 280 g/mol. The van der Waals surface area contributed by atoms with Gasteiger partial charge in [0.2, 0.25) is 0 Å². The van der Waals surface area contributed by atoms with Gasteiger partial charge in [0.1, 0.15) is 11.4 Å². The summed E-state index contributed by atoms with van der Waals surface area (Å²) < 4.78 is 5.72. The topological polar surface area (TPSA) is 96.0 Å². The molecule has 6 heteroatoms. The van der Waals surface area contributed by atoms with E-state index in [1.165, 1.54) is 4.90 Å². The first-order valence-corrected chi connectivity index (χ1v) is 6.61. The number of hydrogen-bond donors (Lipinski definition) is 3. The van der Waals surface area contributed by atoms with E-state index >= 15 is 0 Å². The maximum absolute atomic E-state index is 12.5. The minimum atomic E-state index is -1.02. The predicted molar refractivity (Wildman–Crippen MR) is 75.6 cm³/mol. The highest BCUT2D eigenvalue weighted by atomic mass is 16.5. The Kier molecular flexibility index (Phi) is 4.15. The van der Waals surface area contributed by atoms with Gasteiger partial charge in [0, 0.05) is 0 Å². The number of carbonyl (C=O) groups is 1. The zero-order valence-electron chi connectivity index (χ0n) is 11.6. The van der Waals surface area contributed by atoms with Gasteiger partial charge in [-0.05, 0) is 18.1 Å². The molecule has 0 radical (unpaired) electrons. The van der Waals surface area contributed by atoms with Crippen LogP contribution in [0.5, 0.6) is 5.75 Å². The molecule has 0 aliphatic carbocycles. The van der Waals surface area contributed by atoms with Crippen LogP contribution in [0.25, 0.3) is 0 Å². The van der Waals surface area contributed by atoms with Crippen LogP contribution in [0, 0.1) is 5.92 Å². The van der Waals surface area contributed by atoms with E-state index in [9.17, 15) is 9.90 Å². The largest absolute Gasteiger partial charge is 0.478 e. The minimum Gasteiger partial charge on any atom is -0.478 e. The van der Waals surface area contributed by atoms with Crippen molar-refractivity contribution in [2.24, 2.45) is 5.92 Å². The van der Waals surface area contributed by atoms with Gasteiger partial charge < -0.3 is 25.6 Å². The molecular weight excluding hydrogens is 260 g/mol. The van der Waals surface area contributed by atoms with Crippen molar-refractivity contribution in [3.05, 3.63) is 18.2 Å². The van der Waals surface area contributed by atoms with Gasteiger partial charge in [0.25, 0.3) is 5.91 Å². The SMILES string of the molecule is CC(C)C1Oc2cccc(N)c2N(CC(O)CO)C1=O. The van der Waals surface area contributed by atoms with Crippen LogP contribution >= 0.6 is 0 Å². The van der Waals surface area contributed by atoms with Crippen LogP contribution in [0.3, 0.4) is 0 Å². The molecule has 1 aliphatic rings. The lowest BCUT2D eigenvalue weighted by molar-refractivity contribution is -0.128. The number of aliphatic hydroxyl groups excluding tert-OH is 2. The average Bonchev–Trinajstić information content (AvgIpc) is 2.41. The molecule has 1 aromatic carbocycles. The third kappa shape index (κ3) is 2.57. The zero-order chi connectivity index (χ0) is 14.9. The molecule has 2 rings (SSSR count). The highest BCUT2D eigenvalue weighted by molar-refractivity contribution is 6.03. The molecule has 2 atom stereocenters. The number of benzene rings is 1. The van der Waals surface area contributed by atoms with Gasteiger partial charge >= 0.3 is 0 Å². The summed E-state index contributed by atoms with van der Waals surface area (Å²) in [5.41, 5.74) is 6.78. The van der Waals surface area contributed by atoms with Crippen LogP contribution in [0.2, 0.25) is 0 Å². The Morgan fingerprint density at radius 3 is 2.75 bits per heavy atom. The number of nitrogen functional groups attached to an aromatic ring is 1. The molecule has 0 saturated heterocycles. The summed E-state index contributed by atoms with van der Waals surface area (Å²) >= 11 is 0. The number of aliphatic hydroxyl groups is 2. The number of carbonyl (C=O) groups excluding carboxylic acids is 1. The fraction of sp³-hybridized carbons (Fsp3) is 0.500. The van der Waals surface area contributed by atoms with Gasteiger partial charge in [-0.3, -0.25) is 4.79 Å². The van der Waals surface area contributed by atoms with E-state index in [2.05, 4.69) is 0 Å². The Morgan fingerprint density at radius 1 is 1.45 bits per heavy atom. The molecule has 0 aromatic heterocycles. The quantitative estimate of drug-likeness (QED) is 0.693. The molecule has 1 aliphatic heterocycles. The lowest BCUT2D eigenvalue weighted by Crippen LogP contribution is -2.51. The molecule has 2 unspecified atom stereocenters. The first-order valence-electron chi connectivity index (χ1n) is 6.61. The second-order valence-corrected chi connectivity index (χ2v) is 5.26. The van der Waals surface area contributed by atoms with Crippen molar-refractivity contribution < 1.29 is 19.7 Å². The van der Waals surface area contributed by atoms with Crippen LogP contribution in [-0.4, -0.2) is 41.5 Å². The van der Waals surface area contributed by atoms with E-state index in [-0.39, 0.29) is 18.4 Å². The maximum Gasteiger partial charge on any atom is 0.268 e. The summed E-state index contributed by atoms with van der Waals surface area (Å²) in [6, 6.07) is 5.16. The summed E-state index contributed by atoms with van der Waals surface area (Å²) in [6.45, 7) is 3.35. The van der Waals surface area contributed by atoms with Gasteiger partial charge in [-0.1, -0.05) is 19.9 Å². The van der Waals surface area contributed by atoms with Gasteiger partial charge in [-0.15, -0.1) is 0 Å². The molecular formula is C14H20N2O4. The molecule has 1 heterocycles. The fourth-order valence-electron chi connectivity index (χ4n) is 2.25. The summed E-state index contributed by atoms with van der Waals surface area (Å²) in [7, 11) is 0. The van der Waals surface area contributed by atoms with Gasteiger partial charge in [0.05, 0.1) is 24.9 Å². The van der Waals surface area contributed by atoms with Crippen molar-refractivity contribution in [1.82, 2.24) is 0 Å². The Bertz CT molecular complexity index is 504. The van der Waals surface area contributed by atoms with Crippen molar-refractivity contribution in [3.63, 3.8) is 0 Å². The first-order chi connectivity index (χ1) is 9.45. The lowest BCUT2D eigenvalue weighted by Gasteiger charge is -2.37. The fourth-order valence-corrected chi connectivity index (χ4v) is 2.25. The van der Waals surface area contributed by atoms with Gasteiger partial charge in [-0.2, -0.15) is 0 Å². The normalized spacial score (nSPS) is 19.8. The number of hydrogen-bond acceptors (Lipinski definition) is 5. The van der Waals surface area contributed by atoms with Crippen molar-refractivity contribution >= 4 is 17.3 Å². The molecule has 0 saturated carbocycles. The third-order valence-electron chi connectivity index (χ3n) is 3.27. The molecule has 1 amide bonds. The Morgan fingerprint density at radius 2 is 2.15 bits per heavy atom. The number of para-hydroxylation sites is 1. The molecule has 0 fully saturated rings. The number of ether oxygens (including phenoxy) is 1. The van der Waals surface area contributed by atoms with Crippen LogP contribution in [-0.2, 0) is 4.79 Å². The van der Waals surface area contributed by atoms with E-state index < -0.39 is 18.8 Å². The Labute approximate surface area is 117 Å². The van der Waals surface area contributed by atoms with Crippen molar-refractivity contribution in [2.75, 3.05) is 23.8 Å². The van der Waals surface area contributed by atoms with Gasteiger partial charge in [0.15, 0.2) is 6.10 Å². The van der Waals surface area contributed by atoms with E-state index in [0.29, 0.717) is 17.1 Å². The van der Waals surface area contributed by atoms with Crippen molar-refractivity contribution in [3.8, 4) is 5.75 Å². The molecule has 110 valence electrons. The van der Waals surface area contributed by atoms with E-state index in [1.807, 2.05) is 13.8 Å². The Hall–Kier alpha value is -1.79. The molecule has 1 aromatic rings.